The van der Waals surface area contributed by atoms with Crippen molar-refractivity contribution in [3.63, 3.8) is 0 Å². The number of nitrogens with zero attached hydrogens (tertiary/aromatic N) is 2. The minimum atomic E-state index is 0.490. The third-order valence-corrected chi connectivity index (χ3v) is 5.51. The van der Waals surface area contributed by atoms with Crippen molar-refractivity contribution in [2.24, 2.45) is 4.99 Å². The van der Waals surface area contributed by atoms with Crippen LogP contribution in [0.4, 0.5) is 5.00 Å². The molecule has 5 heteroatoms. The highest BCUT2D eigenvalue weighted by Crippen LogP contribution is 2.24. The Morgan fingerprint density at radius 1 is 1.21 bits per heavy atom. The smallest absolute Gasteiger partial charge is 0.191 e. The summed E-state index contributed by atoms with van der Waals surface area (Å²) in [5.74, 6) is 0.896. The SMILES string of the molecule is CN=C(NCc1ccccc1C)NC1CCN(c2cccs2)CC1. The minimum Gasteiger partial charge on any atom is -0.363 e. The fourth-order valence-corrected chi connectivity index (χ4v) is 3.85. The quantitative estimate of drug-likeness (QED) is 0.661. The highest BCUT2D eigenvalue weighted by atomic mass is 32.1. The Morgan fingerprint density at radius 2 is 2.00 bits per heavy atom. The average molecular weight is 343 g/mol. The summed E-state index contributed by atoms with van der Waals surface area (Å²) < 4.78 is 0. The number of thiophene rings is 1. The van der Waals surface area contributed by atoms with E-state index >= 15 is 0 Å². The maximum absolute atomic E-state index is 4.38. The van der Waals surface area contributed by atoms with Gasteiger partial charge in [0, 0.05) is 32.7 Å². The number of anilines is 1. The van der Waals surface area contributed by atoms with Crippen LogP contribution in [0.5, 0.6) is 0 Å². The number of rotatable bonds is 4. The van der Waals surface area contributed by atoms with Crippen molar-refractivity contribution in [3.05, 3.63) is 52.9 Å². The van der Waals surface area contributed by atoms with Gasteiger partial charge in [0.05, 0.1) is 5.00 Å². The van der Waals surface area contributed by atoms with Crippen LogP contribution in [-0.4, -0.2) is 32.1 Å². The molecule has 1 aliphatic heterocycles. The molecule has 0 bridgehead atoms. The Kier molecular flexibility index (Phi) is 5.75. The van der Waals surface area contributed by atoms with Gasteiger partial charge in [0.2, 0.25) is 0 Å². The monoisotopic (exact) mass is 342 g/mol. The maximum atomic E-state index is 4.38. The Morgan fingerprint density at radius 3 is 2.67 bits per heavy atom. The number of guanidine groups is 1. The van der Waals surface area contributed by atoms with Crippen molar-refractivity contribution in [2.45, 2.75) is 32.4 Å². The van der Waals surface area contributed by atoms with E-state index in [4.69, 9.17) is 0 Å². The predicted octanol–water partition coefficient (Wildman–Crippen LogP) is 3.39. The van der Waals surface area contributed by atoms with E-state index in [0.717, 1.165) is 38.4 Å². The molecule has 1 aliphatic rings. The number of benzene rings is 1. The van der Waals surface area contributed by atoms with Crippen LogP contribution in [0.3, 0.4) is 0 Å². The largest absolute Gasteiger partial charge is 0.363 e. The van der Waals surface area contributed by atoms with E-state index in [1.165, 1.54) is 16.1 Å². The van der Waals surface area contributed by atoms with E-state index in [0.29, 0.717) is 6.04 Å². The summed E-state index contributed by atoms with van der Waals surface area (Å²) in [6, 6.07) is 13.3. The van der Waals surface area contributed by atoms with Crippen molar-refractivity contribution < 1.29 is 0 Å². The molecule has 0 radical (unpaired) electrons. The zero-order valence-corrected chi connectivity index (χ0v) is 15.3. The van der Waals surface area contributed by atoms with Gasteiger partial charge in [-0.05, 0) is 48.4 Å². The van der Waals surface area contributed by atoms with Crippen LogP contribution < -0.4 is 15.5 Å². The van der Waals surface area contributed by atoms with Crippen molar-refractivity contribution in [2.75, 3.05) is 25.0 Å². The van der Waals surface area contributed by atoms with Crippen molar-refractivity contribution in [1.29, 1.82) is 0 Å². The lowest BCUT2D eigenvalue weighted by Crippen LogP contribution is -2.48. The second-order valence-corrected chi connectivity index (χ2v) is 7.14. The van der Waals surface area contributed by atoms with Gasteiger partial charge in [-0.15, -0.1) is 11.3 Å². The first-order chi connectivity index (χ1) is 11.8. The third kappa shape index (κ3) is 4.29. The molecule has 1 aromatic heterocycles. The summed E-state index contributed by atoms with van der Waals surface area (Å²) in [5.41, 5.74) is 2.62. The maximum Gasteiger partial charge on any atom is 0.191 e. The zero-order valence-electron chi connectivity index (χ0n) is 14.5. The molecule has 0 unspecified atom stereocenters. The molecule has 3 rings (SSSR count). The molecule has 2 aromatic rings. The number of hydrogen-bond acceptors (Lipinski definition) is 3. The van der Waals surface area contributed by atoms with Crippen LogP contribution >= 0.6 is 11.3 Å². The summed E-state index contributed by atoms with van der Waals surface area (Å²) in [6.45, 7) is 5.16. The normalized spacial score (nSPS) is 16.2. The van der Waals surface area contributed by atoms with Gasteiger partial charge in [-0.25, -0.2) is 0 Å². The Hall–Kier alpha value is -2.01. The lowest BCUT2D eigenvalue weighted by molar-refractivity contribution is 0.462. The number of hydrogen-bond donors (Lipinski definition) is 2. The lowest BCUT2D eigenvalue weighted by Gasteiger charge is -2.33. The topological polar surface area (TPSA) is 39.7 Å². The highest BCUT2D eigenvalue weighted by molar-refractivity contribution is 7.14. The summed E-state index contributed by atoms with van der Waals surface area (Å²) in [5, 5.41) is 10.6. The van der Waals surface area contributed by atoms with Gasteiger partial charge in [0.1, 0.15) is 0 Å². The second kappa shape index (κ2) is 8.20. The summed E-state index contributed by atoms with van der Waals surface area (Å²) in [7, 11) is 1.84. The Labute approximate surface area is 148 Å². The van der Waals surface area contributed by atoms with E-state index < -0.39 is 0 Å². The zero-order chi connectivity index (χ0) is 16.8. The number of piperidine rings is 1. The molecule has 2 N–H and O–H groups in total. The van der Waals surface area contributed by atoms with E-state index in [9.17, 15) is 0 Å². The minimum absolute atomic E-state index is 0.490. The van der Waals surface area contributed by atoms with Gasteiger partial charge in [-0.2, -0.15) is 0 Å². The highest BCUT2D eigenvalue weighted by Gasteiger charge is 2.20. The number of aliphatic imine (C=N–C) groups is 1. The molecule has 0 aliphatic carbocycles. The Balaban J connectivity index is 1.47. The molecule has 1 aromatic carbocycles. The molecule has 0 amide bonds. The first-order valence-corrected chi connectivity index (χ1v) is 9.44. The molecule has 0 saturated carbocycles. The molecule has 128 valence electrons. The van der Waals surface area contributed by atoms with Crippen LogP contribution in [0.15, 0.2) is 46.8 Å². The molecule has 0 atom stereocenters. The molecule has 1 saturated heterocycles. The third-order valence-electron chi connectivity index (χ3n) is 4.58. The van der Waals surface area contributed by atoms with Crippen LogP contribution in [-0.2, 0) is 6.54 Å². The first-order valence-electron chi connectivity index (χ1n) is 8.56. The van der Waals surface area contributed by atoms with E-state index in [1.54, 1.807) is 0 Å². The van der Waals surface area contributed by atoms with Crippen LogP contribution in [0.25, 0.3) is 0 Å². The lowest BCUT2D eigenvalue weighted by atomic mass is 10.1. The van der Waals surface area contributed by atoms with E-state index in [-0.39, 0.29) is 0 Å². The second-order valence-electron chi connectivity index (χ2n) is 6.21. The standard InChI is InChI=1S/C19H26N4S/c1-15-6-3-4-7-16(15)14-21-19(20-2)22-17-9-11-23(12-10-17)18-8-5-13-24-18/h3-8,13,17H,9-12,14H2,1-2H3,(H2,20,21,22). The molecule has 0 spiro atoms. The number of aryl methyl sites for hydroxylation is 1. The summed E-state index contributed by atoms with van der Waals surface area (Å²) >= 11 is 1.83. The summed E-state index contributed by atoms with van der Waals surface area (Å²) in [6.07, 6.45) is 2.28. The van der Waals surface area contributed by atoms with E-state index in [1.807, 2.05) is 18.4 Å². The van der Waals surface area contributed by atoms with Gasteiger partial charge >= 0.3 is 0 Å². The molecular weight excluding hydrogens is 316 g/mol. The van der Waals surface area contributed by atoms with Gasteiger partial charge < -0.3 is 15.5 Å². The fraction of sp³-hybridized carbons (Fsp3) is 0.421. The molecular formula is C19H26N4S. The fourth-order valence-electron chi connectivity index (χ4n) is 3.07. The van der Waals surface area contributed by atoms with Crippen molar-refractivity contribution in [3.8, 4) is 0 Å². The van der Waals surface area contributed by atoms with E-state index in [2.05, 4.69) is 69.2 Å². The predicted molar refractivity (Wildman–Crippen MR) is 104 cm³/mol. The van der Waals surface area contributed by atoms with Crippen LogP contribution in [0, 0.1) is 6.92 Å². The van der Waals surface area contributed by atoms with Crippen molar-refractivity contribution in [1.82, 2.24) is 10.6 Å². The van der Waals surface area contributed by atoms with Crippen LogP contribution in [0.2, 0.25) is 0 Å². The molecule has 2 heterocycles. The number of nitrogens with one attached hydrogen (secondary N) is 2. The van der Waals surface area contributed by atoms with Gasteiger partial charge in [0.25, 0.3) is 0 Å². The molecule has 24 heavy (non-hydrogen) atoms. The van der Waals surface area contributed by atoms with Gasteiger partial charge in [-0.3, -0.25) is 4.99 Å². The average Bonchev–Trinajstić information content (AvgIpc) is 3.15. The van der Waals surface area contributed by atoms with Crippen molar-refractivity contribution >= 4 is 22.3 Å². The van der Waals surface area contributed by atoms with Gasteiger partial charge in [0.15, 0.2) is 5.96 Å². The summed E-state index contributed by atoms with van der Waals surface area (Å²) in [4.78, 5) is 6.86. The molecule has 1 fully saturated rings. The van der Waals surface area contributed by atoms with Gasteiger partial charge in [-0.1, -0.05) is 24.3 Å². The molecule has 4 nitrogen and oxygen atoms in total. The first kappa shape index (κ1) is 16.8. The van der Waals surface area contributed by atoms with Crippen LogP contribution in [0.1, 0.15) is 24.0 Å². The Bertz CT molecular complexity index is 658.